The summed E-state index contributed by atoms with van der Waals surface area (Å²) in [7, 11) is 0. The Morgan fingerprint density at radius 2 is 2.21 bits per heavy atom. The summed E-state index contributed by atoms with van der Waals surface area (Å²) in [5.74, 6) is 2.69. The van der Waals surface area contributed by atoms with Crippen molar-refractivity contribution in [3.63, 3.8) is 0 Å². The smallest absolute Gasteiger partial charge is 0.211 e. The number of nitrogens with zero attached hydrogens (tertiary/aromatic N) is 1. The summed E-state index contributed by atoms with van der Waals surface area (Å²) in [6.07, 6.45) is 8.23. The van der Waals surface area contributed by atoms with Crippen molar-refractivity contribution in [1.29, 1.82) is 0 Å². The highest BCUT2D eigenvalue weighted by molar-refractivity contribution is 5.09. The molecule has 1 saturated heterocycles. The van der Waals surface area contributed by atoms with Crippen molar-refractivity contribution in [3.05, 3.63) is 17.8 Å². The van der Waals surface area contributed by atoms with Crippen molar-refractivity contribution < 1.29 is 4.42 Å². The maximum atomic E-state index is 5.77. The van der Waals surface area contributed by atoms with Gasteiger partial charge in [0.2, 0.25) is 5.89 Å². The van der Waals surface area contributed by atoms with E-state index in [9.17, 15) is 0 Å². The Bertz CT molecular complexity index is 311. The molecule has 0 spiro atoms. The molecule has 0 radical (unpaired) electrons. The summed E-state index contributed by atoms with van der Waals surface area (Å²) < 4.78 is 5.77. The average molecular weight is 192 g/mol. The van der Waals surface area contributed by atoms with Crippen LogP contribution in [0.1, 0.15) is 55.7 Å². The lowest BCUT2D eigenvalue weighted by molar-refractivity contribution is 0.329. The fourth-order valence-electron chi connectivity index (χ4n) is 2.08. The summed E-state index contributed by atoms with van der Waals surface area (Å²) in [5.41, 5.74) is 0. The number of aromatic nitrogens is 1. The van der Waals surface area contributed by atoms with Gasteiger partial charge in [-0.2, -0.15) is 0 Å². The third kappa shape index (κ3) is 1.57. The molecular formula is C11H16N2O. The molecule has 2 fully saturated rings. The molecule has 0 bridgehead atoms. The van der Waals surface area contributed by atoms with Gasteiger partial charge in [-0.05, 0) is 32.2 Å². The zero-order valence-corrected chi connectivity index (χ0v) is 8.33. The summed E-state index contributed by atoms with van der Waals surface area (Å²) in [5, 5.41) is 3.45. The predicted molar refractivity (Wildman–Crippen MR) is 53.1 cm³/mol. The van der Waals surface area contributed by atoms with E-state index in [2.05, 4.69) is 10.3 Å². The van der Waals surface area contributed by atoms with E-state index in [1.807, 2.05) is 6.20 Å². The van der Waals surface area contributed by atoms with Crippen molar-refractivity contribution in [2.45, 2.75) is 44.1 Å². The maximum Gasteiger partial charge on any atom is 0.211 e. The predicted octanol–water partition coefficient (Wildman–Crippen LogP) is 2.37. The van der Waals surface area contributed by atoms with Crippen molar-refractivity contribution in [1.82, 2.24) is 10.3 Å². The normalized spacial score (nSPS) is 27.9. The summed E-state index contributed by atoms with van der Waals surface area (Å²) >= 11 is 0. The second-order valence-corrected chi connectivity index (χ2v) is 4.38. The minimum absolute atomic E-state index is 0.372. The van der Waals surface area contributed by atoms with Gasteiger partial charge >= 0.3 is 0 Å². The lowest BCUT2D eigenvalue weighted by Crippen LogP contribution is -2.26. The van der Waals surface area contributed by atoms with E-state index >= 15 is 0 Å². The SMILES string of the molecule is c1nc(C2CCCCN2)oc1C1CC1. The van der Waals surface area contributed by atoms with E-state index in [1.54, 1.807) is 0 Å². The highest BCUT2D eigenvalue weighted by Gasteiger charge is 2.29. The van der Waals surface area contributed by atoms with Crippen molar-refractivity contribution in [2.75, 3.05) is 6.54 Å². The largest absolute Gasteiger partial charge is 0.444 e. The monoisotopic (exact) mass is 192 g/mol. The van der Waals surface area contributed by atoms with Crippen LogP contribution in [0.15, 0.2) is 10.6 Å². The minimum atomic E-state index is 0.372. The van der Waals surface area contributed by atoms with Crippen LogP contribution in [-0.2, 0) is 0 Å². The van der Waals surface area contributed by atoms with Gasteiger partial charge in [-0.1, -0.05) is 6.42 Å². The minimum Gasteiger partial charge on any atom is -0.444 e. The Morgan fingerprint density at radius 1 is 1.29 bits per heavy atom. The molecule has 1 aromatic rings. The highest BCUT2D eigenvalue weighted by Crippen LogP contribution is 2.40. The van der Waals surface area contributed by atoms with Gasteiger partial charge in [0.05, 0.1) is 12.2 Å². The first-order valence-electron chi connectivity index (χ1n) is 5.62. The number of rotatable bonds is 2. The quantitative estimate of drug-likeness (QED) is 0.781. The molecule has 1 aromatic heterocycles. The Hall–Kier alpha value is -0.830. The van der Waals surface area contributed by atoms with Gasteiger partial charge in [-0.3, -0.25) is 0 Å². The van der Waals surface area contributed by atoms with E-state index in [1.165, 1.54) is 32.1 Å². The lowest BCUT2D eigenvalue weighted by Gasteiger charge is -2.20. The Balaban J connectivity index is 1.74. The van der Waals surface area contributed by atoms with Crippen LogP contribution >= 0.6 is 0 Å². The summed E-state index contributed by atoms with van der Waals surface area (Å²) in [4.78, 5) is 4.37. The van der Waals surface area contributed by atoms with Gasteiger partial charge in [-0.15, -0.1) is 0 Å². The molecule has 1 aliphatic heterocycles. The molecule has 2 aliphatic rings. The molecule has 3 nitrogen and oxygen atoms in total. The average Bonchev–Trinajstić information content (AvgIpc) is 2.98. The Morgan fingerprint density at radius 3 is 2.93 bits per heavy atom. The molecule has 1 unspecified atom stereocenters. The van der Waals surface area contributed by atoms with E-state index < -0.39 is 0 Å². The van der Waals surface area contributed by atoms with Crippen LogP contribution < -0.4 is 5.32 Å². The van der Waals surface area contributed by atoms with Crippen LogP contribution in [0.2, 0.25) is 0 Å². The molecule has 0 amide bonds. The molecule has 1 atom stereocenters. The van der Waals surface area contributed by atoms with Crippen LogP contribution in [0.4, 0.5) is 0 Å². The fraction of sp³-hybridized carbons (Fsp3) is 0.727. The number of hydrogen-bond donors (Lipinski definition) is 1. The number of piperidine rings is 1. The van der Waals surface area contributed by atoms with Gasteiger partial charge < -0.3 is 9.73 Å². The molecule has 1 saturated carbocycles. The zero-order chi connectivity index (χ0) is 9.38. The molecule has 76 valence electrons. The lowest BCUT2D eigenvalue weighted by atomic mass is 10.1. The molecule has 14 heavy (non-hydrogen) atoms. The molecule has 2 heterocycles. The second kappa shape index (κ2) is 3.39. The fourth-order valence-corrected chi connectivity index (χ4v) is 2.08. The highest BCUT2D eigenvalue weighted by atomic mass is 16.4. The third-order valence-electron chi connectivity index (χ3n) is 3.13. The van der Waals surface area contributed by atoms with Crippen molar-refractivity contribution >= 4 is 0 Å². The van der Waals surface area contributed by atoms with Crippen LogP contribution in [-0.4, -0.2) is 11.5 Å². The first-order valence-corrected chi connectivity index (χ1v) is 5.62. The van der Waals surface area contributed by atoms with E-state index in [0.29, 0.717) is 12.0 Å². The number of nitrogens with one attached hydrogen (secondary N) is 1. The topological polar surface area (TPSA) is 38.1 Å². The van der Waals surface area contributed by atoms with E-state index in [0.717, 1.165) is 18.2 Å². The summed E-state index contributed by atoms with van der Waals surface area (Å²) in [6.45, 7) is 1.10. The van der Waals surface area contributed by atoms with Crippen LogP contribution in [0.25, 0.3) is 0 Å². The summed E-state index contributed by atoms with van der Waals surface area (Å²) in [6, 6.07) is 0.372. The maximum absolute atomic E-state index is 5.77. The first-order chi connectivity index (χ1) is 6.93. The van der Waals surface area contributed by atoms with E-state index in [4.69, 9.17) is 4.42 Å². The van der Waals surface area contributed by atoms with Crippen molar-refractivity contribution in [2.24, 2.45) is 0 Å². The van der Waals surface area contributed by atoms with Gasteiger partial charge in [0.15, 0.2) is 0 Å². The van der Waals surface area contributed by atoms with Crippen molar-refractivity contribution in [3.8, 4) is 0 Å². The van der Waals surface area contributed by atoms with Gasteiger partial charge in [0.1, 0.15) is 5.76 Å². The number of hydrogen-bond acceptors (Lipinski definition) is 3. The van der Waals surface area contributed by atoms with Crippen LogP contribution in [0.5, 0.6) is 0 Å². The number of oxazole rings is 1. The van der Waals surface area contributed by atoms with Gasteiger partial charge in [-0.25, -0.2) is 4.98 Å². The third-order valence-corrected chi connectivity index (χ3v) is 3.13. The van der Waals surface area contributed by atoms with Crippen LogP contribution in [0.3, 0.4) is 0 Å². The molecule has 0 aromatic carbocycles. The molecule has 1 aliphatic carbocycles. The molecule has 1 N–H and O–H groups in total. The second-order valence-electron chi connectivity index (χ2n) is 4.38. The first kappa shape index (κ1) is 8.48. The Labute approximate surface area is 83.9 Å². The molecular weight excluding hydrogens is 176 g/mol. The van der Waals surface area contributed by atoms with E-state index in [-0.39, 0.29) is 0 Å². The molecule has 3 heteroatoms. The van der Waals surface area contributed by atoms with Gasteiger partial charge in [0.25, 0.3) is 0 Å². The van der Waals surface area contributed by atoms with Gasteiger partial charge in [0, 0.05) is 5.92 Å². The standard InChI is InChI=1S/C11H16N2O/c1-2-6-12-9(3-1)11-13-7-10(14-11)8-4-5-8/h7-9,12H,1-6H2. The Kier molecular flexibility index (Phi) is 2.05. The van der Waals surface area contributed by atoms with Crippen LogP contribution in [0, 0.1) is 0 Å². The molecule has 3 rings (SSSR count). The zero-order valence-electron chi connectivity index (χ0n) is 8.33.